The molecule has 0 amide bonds. The van der Waals surface area contributed by atoms with Crippen LogP contribution in [0.15, 0.2) is 18.2 Å². The highest BCUT2D eigenvalue weighted by molar-refractivity contribution is 5.75. The van der Waals surface area contributed by atoms with E-state index in [1.807, 2.05) is 0 Å². The highest BCUT2D eigenvalue weighted by atomic mass is 16.5. The summed E-state index contributed by atoms with van der Waals surface area (Å²) in [4.78, 5) is 10.9. The van der Waals surface area contributed by atoms with Crippen LogP contribution in [0.25, 0.3) is 0 Å². The van der Waals surface area contributed by atoms with Crippen LogP contribution in [0.3, 0.4) is 0 Å². The van der Waals surface area contributed by atoms with Gasteiger partial charge >= 0.3 is 5.97 Å². The number of phenols is 1. The number of ether oxygens (including phenoxy) is 1. The number of methoxy groups -OCH3 is 1. The maximum absolute atomic E-state index is 10.9. The van der Waals surface area contributed by atoms with Crippen LogP contribution in [-0.2, 0) is 10.2 Å². The maximum Gasteiger partial charge on any atom is 0.321 e. The lowest BCUT2D eigenvalue weighted by molar-refractivity contribution is -0.140. The summed E-state index contributed by atoms with van der Waals surface area (Å²) in [5.74, 6) is -0.758. The summed E-state index contributed by atoms with van der Waals surface area (Å²) in [6.45, 7) is 3.47. The van der Waals surface area contributed by atoms with E-state index in [2.05, 4.69) is 0 Å². The van der Waals surface area contributed by atoms with E-state index in [1.54, 1.807) is 26.0 Å². The molecule has 94 valence electrons. The molecule has 0 bridgehead atoms. The lowest BCUT2D eigenvalue weighted by Gasteiger charge is -2.29. The molecular formula is C12H17NO4. The molecule has 1 unspecified atom stereocenters. The van der Waals surface area contributed by atoms with Gasteiger partial charge in [0.1, 0.15) is 6.04 Å². The fourth-order valence-corrected chi connectivity index (χ4v) is 1.57. The van der Waals surface area contributed by atoms with Gasteiger partial charge in [-0.2, -0.15) is 0 Å². The third-order valence-corrected chi connectivity index (χ3v) is 2.97. The van der Waals surface area contributed by atoms with Crippen LogP contribution in [0, 0.1) is 0 Å². The Kier molecular flexibility index (Phi) is 3.63. The van der Waals surface area contributed by atoms with E-state index >= 15 is 0 Å². The Morgan fingerprint density at radius 1 is 1.47 bits per heavy atom. The third-order valence-electron chi connectivity index (χ3n) is 2.97. The molecule has 1 aromatic carbocycles. The van der Waals surface area contributed by atoms with Crippen molar-refractivity contribution in [2.75, 3.05) is 7.11 Å². The molecule has 0 aliphatic rings. The first-order valence-corrected chi connectivity index (χ1v) is 5.16. The van der Waals surface area contributed by atoms with Gasteiger partial charge in [-0.05, 0) is 17.7 Å². The lowest BCUT2D eigenvalue weighted by atomic mass is 9.78. The van der Waals surface area contributed by atoms with Crippen molar-refractivity contribution in [3.8, 4) is 11.5 Å². The van der Waals surface area contributed by atoms with E-state index in [9.17, 15) is 9.90 Å². The fourth-order valence-electron chi connectivity index (χ4n) is 1.57. The van der Waals surface area contributed by atoms with Crippen LogP contribution >= 0.6 is 0 Å². The molecular weight excluding hydrogens is 222 g/mol. The van der Waals surface area contributed by atoms with Gasteiger partial charge in [0.15, 0.2) is 11.5 Å². The monoisotopic (exact) mass is 239 g/mol. The first-order chi connectivity index (χ1) is 7.80. The maximum atomic E-state index is 10.9. The van der Waals surface area contributed by atoms with Crippen LogP contribution in [0.2, 0.25) is 0 Å². The second kappa shape index (κ2) is 4.63. The van der Waals surface area contributed by atoms with Crippen LogP contribution in [-0.4, -0.2) is 29.3 Å². The molecule has 0 radical (unpaired) electrons. The zero-order valence-electron chi connectivity index (χ0n) is 10.1. The average molecular weight is 239 g/mol. The minimum Gasteiger partial charge on any atom is -0.504 e. The Bertz CT molecular complexity index is 429. The van der Waals surface area contributed by atoms with Crippen molar-refractivity contribution in [1.29, 1.82) is 0 Å². The van der Waals surface area contributed by atoms with E-state index in [0.717, 1.165) is 0 Å². The van der Waals surface area contributed by atoms with Gasteiger partial charge in [0.05, 0.1) is 7.11 Å². The standard InChI is InChI=1S/C12H17NO4/c1-12(2,10(13)11(15)16)7-4-5-8(14)9(6-7)17-3/h4-6,10,14H,13H2,1-3H3,(H,15,16). The lowest BCUT2D eigenvalue weighted by Crippen LogP contribution is -2.46. The zero-order chi connectivity index (χ0) is 13.2. The number of carboxylic acid groups (broad SMARTS) is 1. The summed E-state index contributed by atoms with van der Waals surface area (Å²) in [5.41, 5.74) is 5.59. The van der Waals surface area contributed by atoms with Gasteiger partial charge in [-0.1, -0.05) is 19.9 Å². The average Bonchev–Trinajstić information content (AvgIpc) is 2.28. The van der Waals surface area contributed by atoms with Gasteiger partial charge in [-0.25, -0.2) is 0 Å². The minimum atomic E-state index is -1.07. The molecule has 5 nitrogen and oxygen atoms in total. The molecule has 17 heavy (non-hydrogen) atoms. The van der Waals surface area contributed by atoms with Crippen LogP contribution < -0.4 is 10.5 Å². The number of hydrogen-bond acceptors (Lipinski definition) is 4. The highest BCUT2D eigenvalue weighted by Crippen LogP contribution is 2.33. The predicted octanol–water partition coefficient (Wildman–Crippen LogP) is 1.09. The minimum absolute atomic E-state index is 0.0101. The molecule has 4 N–H and O–H groups in total. The number of hydrogen-bond donors (Lipinski definition) is 3. The van der Waals surface area contributed by atoms with E-state index in [0.29, 0.717) is 11.3 Å². The SMILES string of the molecule is COc1cc(C(C)(C)C(N)C(=O)O)ccc1O. The summed E-state index contributed by atoms with van der Waals surface area (Å²) in [6.07, 6.45) is 0. The van der Waals surface area contributed by atoms with Gasteiger partial charge in [0.2, 0.25) is 0 Å². The molecule has 0 aliphatic heterocycles. The Morgan fingerprint density at radius 3 is 2.53 bits per heavy atom. The fraction of sp³-hybridized carbons (Fsp3) is 0.417. The zero-order valence-corrected chi connectivity index (χ0v) is 10.1. The first-order valence-electron chi connectivity index (χ1n) is 5.16. The van der Waals surface area contributed by atoms with Crippen LogP contribution in [0.4, 0.5) is 0 Å². The number of nitrogens with two attached hydrogens (primary N) is 1. The smallest absolute Gasteiger partial charge is 0.321 e. The van der Waals surface area contributed by atoms with Crippen molar-refractivity contribution >= 4 is 5.97 Å². The molecule has 0 aliphatic carbocycles. The normalized spacial score (nSPS) is 13.2. The van der Waals surface area contributed by atoms with Gasteiger partial charge < -0.3 is 20.7 Å². The molecule has 0 spiro atoms. The van der Waals surface area contributed by atoms with Crippen LogP contribution in [0.5, 0.6) is 11.5 Å². The van der Waals surface area contributed by atoms with E-state index < -0.39 is 17.4 Å². The molecule has 0 saturated carbocycles. The topological polar surface area (TPSA) is 92.8 Å². The largest absolute Gasteiger partial charge is 0.504 e. The van der Waals surface area contributed by atoms with Crippen molar-refractivity contribution in [3.63, 3.8) is 0 Å². The van der Waals surface area contributed by atoms with E-state index in [-0.39, 0.29) is 5.75 Å². The van der Waals surface area contributed by atoms with Crippen molar-refractivity contribution < 1.29 is 19.7 Å². The third kappa shape index (κ3) is 2.50. The number of aliphatic carboxylic acids is 1. The number of carbonyl (C=O) groups is 1. The number of carboxylic acids is 1. The summed E-state index contributed by atoms with van der Waals surface area (Å²) in [6, 6.07) is 3.67. The van der Waals surface area contributed by atoms with Crippen LogP contribution in [0.1, 0.15) is 19.4 Å². The Hall–Kier alpha value is -1.75. The highest BCUT2D eigenvalue weighted by Gasteiger charge is 2.34. The summed E-state index contributed by atoms with van der Waals surface area (Å²) >= 11 is 0. The van der Waals surface area contributed by atoms with Crippen molar-refractivity contribution in [1.82, 2.24) is 0 Å². The number of benzene rings is 1. The molecule has 1 atom stereocenters. The Labute approximate surface area is 99.8 Å². The van der Waals surface area contributed by atoms with E-state index in [1.165, 1.54) is 13.2 Å². The number of phenolic OH excluding ortho intramolecular Hbond substituents is 1. The van der Waals surface area contributed by atoms with Gasteiger partial charge in [0, 0.05) is 5.41 Å². The van der Waals surface area contributed by atoms with Gasteiger partial charge in [-0.15, -0.1) is 0 Å². The summed E-state index contributed by atoms with van der Waals surface area (Å²) < 4.78 is 4.98. The first kappa shape index (κ1) is 13.3. The molecule has 0 fully saturated rings. The second-order valence-corrected chi connectivity index (χ2v) is 4.42. The summed E-state index contributed by atoms with van der Waals surface area (Å²) in [5, 5.41) is 18.4. The Morgan fingerprint density at radius 2 is 2.06 bits per heavy atom. The van der Waals surface area contributed by atoms with Crippen molar-refractivity contribution in [3.05, 3.63) is 23.8 Å². The molecule has 5 heteroatoms. The van der Waals surface area contributed by atoms with Crippen molar-refractivity contribution in [2.24, 2.45) is 5.73 Å². The van der Waals surface area contributed by atoms with Gasteiger partial charge in [0.25, 0.3) is 0 Å². The molecule has 0 heterocycles. The summed E-state index contributed by atoms with van der Waals surface area (Å²) in [7, 11) is 1.43. The van der Waals surface area contributed by atoms with Gasteiger partial charge in [-0.3, -0.25) is 4.79 Å². The molecule has 1 rings (SSSR count). The van der Waals surface area contributed by atoms with E-state index in [4.69, 9.17) is 15.6 Å². The molecule has 0 saturated heterocycles. The Balaban J connectivity index is 3.19. The quantitative estimate of drug-likeness (QED) is 0.731. The molecule has 1 aromatic rings. The molecule has 0 aromatic heterocycles. The predicted molar refractivity (Wildman–Crippen MR) is 63.3 cm³/mol. The second-order valence-electron chi connectivity index (χ2n) is 4.42. The number of aromatic hydroxyl groups is 1. The number of rotatable bonds is 4. The van der Waals surface area contributed by atoms with Crippen molar-refractivity contribution in [2.45, 2.75) is 25.3 Å².